The molecule has 1 N–H and O–H groups in total. The summed E-state index contributed by atoms with van der Waals surface area (Å²) >= 11 is 1.15. The first kappa shape index (κ1) is 19.2. The van der Waals surface area contributed by atoms with Gasteiger partial charge in [-0.2, -0.15) is 5.10 Å². The summed E-state index contributed by atoms with van der Waals surface area (Å²) in [7, 11) is 0. The van der Waals surface area contributed by atoms with Gasteiger partial charge in [-0.15, -0.1) is 0 Å². The normalized spacial score (nSPS) is 20.0. The molecule has 0 radical (unpaired) electrons. The van der Waals surface area contributed by atoms with Gasteiger partial charge in [0.1, 0.15) is 5.75 Å². The van der Waals surface area contributed by atoms with Gasteiger partial charge in [0.2, 0.25) is 5.91 Å². The lowest BCUT2D eigenvalue weighted by Gasteiger charge is -2.20. The lowest BCUT2D eigenvalue weighted by molar-refractivity contribution is -0.121. The molecule has 0 spiro atoms. The Labute approximate surface area is 172 Å². The Balaban J connectivity index is 1.70. The maximum atomic E-state index is 13.0. The molecule has 8 heteroatoms. The van der Waals surface area contributed by atoms with Crippen LogP contribution in [0.25, 0.3) is 0 Å². The Morgan fingerprint density at radius 2 is 1.90 bits per heavy atom. The van der Waals surface area contributed by atoms with E-state index < -0.39 is 11.5 Å². The molecule has 1 unspecified atom stereocenters. The fourth-order valence-corrected chi connectivity index (χ4v) is 4.17. The number of para-hydroxylation sites is 1. The van der Waals surface area contributed by atoms with E-state index >= 15 is 0 Å². The maximum Gasteiger partial charge on any atom is 0.426 e. The van der Waals surface area contributed by atoms with Gasteiger partial charge in [0.05, 0.1) is 22.1 Å². The summed E-state index contributed by atoms with van der Waals surface area (Å²) in [6.07, 6.45) is -0.744. The molecule has 29 heavy (non-hydrogen) atoms. The van der Waals surface area contributed by atoms with Gasteiger partial charge < -0.3 is 4.74 Å². The number of nitrogens with one attached hydrogen (secondary N) is 1. The zero-order valence-corrected chi connectivity index (χ0v) is 16.9. The zero-order valence-electron chi connectivity index (χ0n) is 16.1. The Morgan fingerprint density at radius 3 is 2.59 bits per heavy atom. The molecule has 2 aliphatic heterocycles. The summed E-state index contributed by atoms with van der Waals surface area (Å²) in [5, 5.41) is 3.85. The zero-order chi connectivity index (χ0) is 20.8. The molecule has 0 fully saturated rings. The van der Waals surface area contributed by atoms with Crippen molar-refractivity contribution >= 4 is 40.4 Å². The van der Waals surface area contributed by atoms with Gasteiger partial charge in [0.15, 0.2) is 0 Å². The van der Waals surface area contributed by atoms with Crippen LogP contribution in [-0.4, -0.2) is 28.2 Å². The highest BCUT2D eigenvalue weighted by Crippen LogP contribution is 2.43. The highest BCUT2D eigenvalue weighted by Gasteiger charge is 2.47. The fraction of sp³-hybridized carbons (Fsp3) is 0.238. The van der Waals surface area contributed by atoms with Crippen LogP contribution in [0.2, 0.25) is 0 Å². The van der Waals surface area contributed by atoms with E-state index in [9.17, 15) is 14.4 Å². The third-order valence-corrected chi connectivity index (χ3v) is 5.89. The minimum atomic E-state index is -0.907. The van der Waals surface area contributed by atoms with Gasteiger partial charge in [-0.25, -0.2) is 15.1 Å². The fourth-order valence-electron chi connectivity index (χ4n) is 3.45. The molecule has 1 atom stereocenters. The van der Waals surface area contributed by atoms with Gasteiger partial charge in [0, 0.05) is 0 Å². The van der Waals surface area contributed by atoms with Crippen molar-refractivity contribution in [3.63, 3.8) is 0 Å². The third-order valence-electron chi connectivity index (χ3n) is 5.01. The van der Waals surface area contributed by atoms with Crippen LogP contribution in [0.15, 0.2) is 53.6 Å². The number of benzene rings is 2. The molecule has 2 heterocycles. The van der Waals surface area contributed by atoms with Crippen LogP contribution in [0.1, 0.15) is 31.9 Å². The molecule has 2 aliphatic rings. The second-order valence-corrected chi connectivity index (χ2v) is 8.65. The molecule has 2 aromatic rings. The van der Waals surface area contributed by atoms with Gasteiger partial charge in [-0.1, -0.05) is 36.0 Å². The van der Waals surface area contributed by atoms with Crippen LogP contribution in [0.4, 0.5) is 15.3 Å². The minimum absolute atomic E-state index is 0.124. The number of thioether (sulfide) groups is 1. The molecule has 3 amide bonds. The molecule has 0 aromatic heterocycles. The Bertz CT molecular complexity index is 1050. The van der Waals surface area contributed by atoms with Gasteiger partial charge in [-0.3, -0.25) is 9.59 Å². The molecule has 0 aliphatic carbocycles. The summed E-state index contributed by atoms with van der Waals surface area (Å²) < 4.78 is 5.39. The first-order chi connectivity index (χ1) is 13.8. The van der Waals surface area contributed by atoms with Crippen molar-refractivity contribution in [3.05, 3.63) is 59.7 Å². The van der Waals surface area contributed by atoms with Crippen LogP contribution in [-0.2, 0) is 10.2 Å². The van der Waals surface area contributed by atoms with Crippen LogP contribution in [0, 0.1) is 0 Å². The highest BCUT2D eigenvalue weighted by molar-refractivity contribution is 8.14. The van der Waals surface area contributed by atoms with Crippen LogP contribution in [0.3, 0.4) is 0 Å². The number of fused-ring (bicyclic) bond motifs is 1. The average molecular weight is 409 g/mol. The summed E-state index contributed by atoms with van der Waals surface area (Å²) in [6, 6.07) is 14.0. The Morgan fingerprint density at radius 1 is 1.17 bits per heavy atom. The van der Waals surface area contributed by atoms with E-state index in [0.717, 1.165) is 22.2 Å². The SMILES string of the molecule is CC1SC(=O)NN=C1c1ccc2c(c1)C(C)(C)C(=O)N2C(=O)Oc1ccccc1. The highest BCUT2D eigenvalue weighted by atomic mass is 32.2. The van der Waals surface area contributed by atoms with Crippen molar-refractivity contribution in [3.8, 4) is 5.75 Å². The second-order valence-electron chi connectivity index (χ2n) is 7.33. The van der Waals surface area contributed by atoms with Crippen molar-refractivity contribution in [2.24, 2.45) is 5.10 Å². The number of anilines is 1. The van der Waals surface area contributed by atoms with Gasteiger partial charge >= 0.3 is 6.09 Å². The van der Waals surface area contributed by atoms with Crippen molar-refractivity contribution < 1.29 is 19.1 Å². The standard InChI is InChI=1S/C21H19N3O4S/c1-12-17(22-23-19(26)29-12)13-9-10-16-15(11-13)21(2,3)18(25)24(16)20(27)28-14-7-5-4-6-8-14/h4-12H,1-3H3,(H,23,26). The molecular formula is C21H19N3O4S. The second kappa shape index (κ2) is 7.04. The van der Waals surface area contributed by atoms with Crippen molar-refractivity contribution in [2.75, 3.05) is 4.90 Å². The number of amides is 3. The topological polar surface area (TPSA) is 88.1 Å². The summed E-state index contributed by atoms with van der Waals surface area (Å²) in [5.74, 6) is 0.0122. The van der Waals surface area contributed by atoms with Crippen molar-refractivity contribution in [2.45, 2.75) is 31.4 Å². The van der Waals surface area contributed by atoms with Gasteiger partial charge in [-0.05, 0) is 56.2 Å². The Hall–Kier alpha value is -3.13. The van der Waals surface area contributed by atoms with E-state index in [1.807, 2.05) is 19.1 Å². The predicted molar refractivity (Wildman–Crippen MR) is 112 cm³/mol. The molecule has 7 nitrogen and oxygen atoms in total. The predicted octanol–water partition coefficient (Wildman–Crippen LogP) is 4.06. The lowest BCUT2D eigenvalue weighted by Crippen LogP contribution is -2.41. The number of carbonyl (C=O) groups is 3. The number of hydrogen-bond acceptors (Lipinski definition) is 6. The number of hydrazone groups is 1. The van der Waals surface area contributed by atoms with Crippen molar-refractivity contribution in [1.29, 1.82) is 0 Å². The lowest BCUT2D eigenvalue weighted by atomic mass is 9.85. The number of hydrogen-bond donors (Lipinski definition) is 1. The molecule has 148 valence electrons. The summed E-state index contributed by atoms with van der Waals surface area (Å²) in [4.78, 5) is 38.4. The van der Waals surface area contributed by atoms with E-state index in [1.54, 1.807) is 50.2 Å². The maximum absolute atomic E-state index is 13.0. The average Bonchev–Trinajstić information content (AvgIpc) is 2.88. The first-order valence-corrected chi connectivity index (χ1v) is 9.97. The van der Waals surface area contributed by atoms with E-state index in [4.69, 9.17) is 4.74 Å². The van der Waals surface area contributed by atoms with Gasteiger partial charge in [0.25, 0.3) is 5.24 Å². The van der Waals surface area contributed by atoms with Crippen LogP contribution in [0.5, 0.6) is 5.75 Å². The van der Waals surface area contributed by atoms with Crippen molar-refractivity contribution in [1.82, 2.24) is 5.43 Å². The van der Waals surface area contributed by atoms with E-state index in [-0.39, 0.29) is 16.4 Å². The first-order valence-electron chi connectivity index (χ1n) is 9.09. The molecular weight excluding hydrogens is 390 g/mol. The summed E-state index contributed by atoms with van der Waals surface area (Å²) in [6.45, 7) is 5.45. The number of imide groups is 1. The third kappa shape index (κ3) is 3.29. The minimum Gasteiger partial charge on any atom is -0.410 e. The quantitative estimate of drug-likeness (QED) is 0.808. The number of rotatable bonds is 2. The van der Waals surface area contributed by atoms with E-state index in [0.29, 0.717) is 22.7 Å². The van der Waals surface area contributed by atoms with Crippen LogP contribution >= 0.6 is 11.8 Å². The number of ether oxygens (including phenoxy) is 1. The van der Waals surface area contributed by atoms with E-state index in [2.05, 4.69) is 10.5 Å². The Kier molecular flexibility index (Phi) is 4.66. The largest absolute Gasteiger partial charge is 0.426 e. The van der Waals surface area contributed by atoms with Crippen LogP contribution < -0.4 is 15.1 Å². The molecule has 4 rings (SSSR count). The molecule has 0 saturated heterocycles. The monoisotopic (exact) mass is 409 g/mol. The number of carbonyl (C=O) groups excluding carboxylic acids is 3. The molecule has 2 aromatic carbocycles. The molecule has 0 saturated carbocycles. The van der Waals surface area contributed by atoms with E-state index in [1.165, 1.54) is 0 Å². The summed E-state index contributed by atoms with van der Waals surface area (Å²) in [5.41, 5.74) is 4.28. The smallest absolute Gasteiger partial charge is 0.410 e. The molecule has 0 bridgehead atoms. The number of nitrogens with zero attached hydrogens (tertiary/aromatic N) is 2.